The molecule has 11 heteroatoms. The molecule has 2 aromatic carbocycles. The molecule has 0 radical (unpaired) electrons. The van der Waals surface area contributed by atoms with E-state index in [1.165, 1.54) is 11.8 Å². The van der Waals surface area contributed by atoms with Crippen LogP contribution in [0.25, 0.3) is 17.1 Å². The van der Waals surface area contributed by atoms with Gasteiger partial charge in [-0.25, -0.2) is 0 Å². The normalized spacial score (nSPS) is 10.8. The minimum atomic E-state index is 0.177. The van der Waals surface area contributed by atoms with E-state index in [0.29, 0.717) is 34.3 Å². The van der Waals surface area contributed by atoms with Gasteiger partial charge in [0.05, 0.1) is 31.2 Å². The second-order valence-electron chi connectivity index (χ2n) is 7.13. The number of nitrogens with zero attached hydrogens (tertiary/aromatic N) is 7. The van der Waals surface area contributed by atoms with Crippen LogP contribution in [-0.4, -0.2) is 58.0 Å². The fraction of sp³-hybridized carbons (Fsp3) is 0.227. The van der Waals surface area contributed by atoms with Crippen LogP contribution < -0.4 is 20.1 Å². The Bertz CT molecular complexity index is 1240. The van der Waals surface area contributed by atoms with Crippen molar-refractivity contribution in [1.82, 2.24) is 29.7 Å². The second kappa shape index (κ2) is 9.74. The van der Waals surface area contributed by atoms with Gasteiger partial charge in [-0.15, -0.1) is 10.2 Å². The van der Waals surface area contributed by atoms with E-state index in [1.54, 1.807) is 19.1 Å². The zero-order valence-electron chi connectivity index (χ0n) is 18.8. The number of nitrogen functional groups attached to an aromatic ring is 1. The van der Waals surface area contributed by atoms with Gasteiger partial charge in [0.15, 0.2) is 11.0 Å². The third-order valence-electron chi connectivity index (χ3n) is 4.73. The highest BCUT2D eigenvalue weighted by Crippen LogP contribution is 2.34. The van der Waals surface area contributed by atoms with Crippen molar-refractivity contribution < 1.29 is 9.47 Å². The summed E-state index contributed by atoms with van der Waals surface area (Å²) in [6.07, 6.45) is 0. The summed E-state index contributed by atoms with van der Waals surface area (Å²) in [5.74, 6) is 3.80. The van der Waals surface area contributed by atoms with Gasteiger partial charge in [0.2, 0.25) is 11.9 Å². The number of methoxy groups -OCH3 is 2. The van der Waals surface area contributed by atoms with Gasteiger partial charge < -0.3 is 20.1 Å². The molecule has 0 aliphatic rings. The highest BCUT2D eigenvalue weighted by atomic mass is 32.2. The predicted octanol–water partition coefficient (Wildman–Crippen LogP) is 3.08. The van der Waals surface area contributed by atoms with Crippen LogP contribution in [0.1, 0.15) is 5.82 Å². The molecule has 33 heavy (non-hydrogen) atoms. The SMILES string of the molecule is COc1ccc(-n2c(SCc3nc(N)nc(N(C)C)n3)nnc2-c2ccccc2OC)cc1. The standard InChI is InChI=1S/C22H24N8O2S/c1-29(2)21-25-18(24-20(23)26-21)13-33-22-28-27-19(16-7-5-6-8-17(16)32-4)30(22)14-9-11-15(31-3)12-10-14/h5-12H,13H2,1-4H3,(H2,23,24,25,26). The van der Waals surface area contributed by atoms with Gasteiger partial charge in [0, 0.05) is 14.1 Å². The van der Waals surface area contributed by atoms with Crippen LogP contribution in [0.15, 0.2) is 53.7 Å². The maximum absolute atomic E-state index is 5.87. The Morgan fingerprint density at radius 1 is 0.939 bits per heavy atom. The lowest BCUT2D eigenvalue weighted by Gasteiger charge is -2.13. The summed E-state index contributed by atoms with van der Waals surface area (Å²) in [4.78, 5) is 14.7. The van der Waals surface area contributed by atoms with Crippen LogP contribution in [0.5, 0.6) is 11.5 Å². The molecule has 170 valence electrons. The molecule has 0 saturated heterocycles. The Balaban J connectivity index is 1.75. The van der Waals surface area contributed by atoms with Crippen molar-refractivity contribution in [1.29, 1.82) is 0 Å². The molecule has 0 amide bonds. The Morgan fingerprint density at radius 2 is 1.70 bits per heavy atom. The Kier molecular flexibility index (Phi) is 6.59. The number of hydrogen-bond acceptors (Lipinski definition) is 10. The first-order valence-electron chi connectivity index (χ1n) is 10.0. The molecule has 2 aromatic heterocycles. The molecule has 0 saturated carbocycles. The average molecular weight is 465 g/mol. The smallest absolute Gasteiger partial charge is 0.229 e. The molecule has 0 aliphatic carbocycles. The quantitative estimate of drug-likeness (QED) is 0.390. The zero-order chi connectivity index (χ0) is 23.4. The summed E-state index contributed by atoms with van der Waals surface area (Å²) < 4.78 is 12.8. The van der Waals surface area contributed by atoms with Crippen molar-refractivity contribution in [3.05, 3.63) is 54.4 Å². The van der Waals surface area contributed by atoms with E-state index in [1.807, 2.05) is 67.2 Å². The average Bonchev–Trinajstić information content (AvgIpc) is 3.26. The van der Waals surface area contributed by atoms with Crippen molar-refractivity contribution in [2.24, 2.45) is 0 Å². The monoisotopic (exact) mass is 464 g/mol. The molecule has 0 atom stereocenters. The summed E-state index contributed by atoms with van der Waals surface area (Å²) >= 11 is 1.45. The lowest BCUT2D eigenvalue weighted by atomic mass is 10.2. The predicted molar refractivity (Wildman–Crippen MR) is 128 cm³/mol. The van der Waals surface area contributed by atoms with Gasteiger partial charge in [0.25, 0.3) is 0 Å². The minimum Gasteiger partial charge on any atom is -0.497 e. The number of rotatable bonds is 8. The molecule has 0 unspecified atom stereocenters. The molecule has 0 fully saturated rings. The summed E-state index contributed by atoms with van der Waals surface area (Å²) in [7, 11) is 6.98. The number of hydrogen-bond donors (Lipinski definition) is 1. The van der Waals surface area contributed by atoms with Gasteiger partial charge in [-0.1, -0.05) is 23.9 Å². The fourth-order valence-corrected chi connectivity index (χ4v) is 3.96. The van der Waals surface area contributed by atoms with Crippen molar-refractivity contribution in [2.45, 2.75) is 10.9 Å². The first-order chi connectivity index (χ1) is 16.0. The zero-order valence-corrected chi connectivity index (χ0v) is 19.6. The van der Waals surface area contributed by atoms with Crippen LogP contribution in [0.3, 0.4) is 0 Å². The van der Waals surface area contributed by atoms with Crippen LogP contribution >= 0.6 is 11.8 Å². The second-order valence-corrected chi connectivity index (χ2v) is 8.08. The molecule has 4 aromatic rings. The van der Waals surface area contributed by atoms with Crippen LogP contribution in [0.2, 0.25) is 0 Å². The van der Waals surface area contributed by atoms with Gasteiger partial charge in [-0.2, -0.15) is 15.0 Å². The maximum Gasteiger partial charge on any atom is 0.229 e. The number of benzene rings is 2. The van der Waals surface area contributed by atoms with Crippen molar-refractivity contribution >= 4 is 23.7 Å². The van der Waals surface area contributed by atoms with Crippen molar-refractivity contribution in [3.63, 3.8) is 0 Å². The maximum atomic E-state index is 5.87. The third kappa shape index (κ3) is 4.82. The summed E-state index contributed by atoms with van der Waals surface area (Å²) in [6, 6.07) is 15.4. The van der Waals surface area contributed by atoms with E-state index in [4.69, 9.17) is 15.2 Å². The van der Waals surface area contributed by atoms with Gasteiger partial charge in [-0.05, 0) is 36.4 Å². The molecule has 0 spiro atoms. The van der Waals surface area contributed by atoms with Gasteiger partial charge >= 0.3 is 0 Å². The highest BCUT2D eigenvalue weighted by molar-refractivity contribution is 7.98. The molecule has 2 N–H and O–H groups in total. The van der Waals surface area contributed by atoms with Crippen LogP contribution in [0, 0.1) is 0 Å². The number of ether oxygens (including phenoxy) is 2. The van der Waals surface area contributed by atoms with E-state index in [2.05, 4.69) is 25.1 Å². The summed E-state index contributed by atoms with van der Waals surface area (Å²) in [6.45, 7) is 0. The highest BCUT2D eigenvalue weighted by Gasteiger charge is 2.20. The molecule has 2 heterocycles. The number of para-hydroxylation sites is 1. The number of aromatic nitrogens is 6. The molecule has 0 bridgehead atoms. The Hall–Kier alpha value is -3.86. The van der Waals surface area contributed by atoms with Gasteiger partial charge in [0.1, 0.15) is 17.3 Å². The largest absolute Gasteiger partial charge is 0.497 e. The molecular weight excluding hydrogens is 440 g/mol. The van der Waals surface area contributed by atoms with Gasteiger partial charge in [-0.3, -0.25) is 4.57 Å². The van der Waals surface area contributed by atoms with Crippen LogP contribution in [0.4, 0.5) is 11.9 Å². The van der Waals surface area contributed by atoms with E-state index < -0.39 is 0 Å². The topological polar surface area (TPSA) is 117 Å². The van der Waals surface area contributed by atoms with Crippen molar-refractivity contribution in [3.8, 4) is 28.6 Å². The Morgan fingerprint density at radius 3 is 2.39 bits per heavy atom. The van der Waals surface area contributed by atoms with E-state index in [0.717, 1.165) is 17.0 Å². The van der Waals surface area contributed by atoms with Crippen LogP contribution in [-0.2, 0) is 5.75 Å². The van der Waals surface area contributed by atoms with E-state index in [9.17, 15) is 0 Å². The van der Waals surface area contributed by atoms with E-state index >= 15 is 0 Å². The minimum absolute atomic E-state index is 0.177. The molecule has 4 rings (SSSR count). The third-order valence-corrected chi connectivity index (χ3v) is 5.65. The van der Waals surface area contributed by atoms with Crippen molar-refractivity contribution in [2.75, 3.05) is 38.9 Å². The lowest BCUT2D eigenvalue weighted by Crippen LogP contribution is -2.16. The lowest BCUT2D eigenvalue weighted by molar-refractivity contribution is 0.414. The first-order valence-corrected chi connectivity index (χ1v) is 11.0. The Labute approximate surface area is 195 Å². The molecule has 0 aliphatic heterocycles. The fourth-order valence-electron chi connectivity index (χ4n) is 3.15. The summed E-state index contributed by atoms with van der Waals surface area (Å²) in [5.41, 5.74) is 7.58. The molecule has 10 nitrogen and oxygen atoms in total. The number of anilines is 2. The first kappa shape index (κ1) is 22.3. The molecular formula is C22H24N8O2S. The number of thioether (sulfide) groups is 1. The summed E-state index contributed by atoms with van der Waals surface area (Å²) in [5, 5.41) is 9.62. The van der Waals surface area contributed by atoms with E-state index in [-0.39, 0.29) is 5.95 Å². The number of nitrogens with two attached hydrogens (primary N) is 1.